The first kappa shape index (κ1) is 60.9. The molecule has 2 aromatic heterocycles. The topological polar surface area (TPSA) is 211 Å². The highest BCUT2D eigenvalue weighted by Gasteiger charge is 2.45. The van der Waals surface area contributed by atoms with Crippen molar-refractivity contribution in [2.45, 2.75) is 121 Å². The second-order valence-corrected chi connectivity index (χ2v) is 24.4. The van der Waals surface area contributed by atoms with Crippen LogP contribution in [0.1, 0.15) is 95.4 Å². The highest BCUT2D eigenvalue weighted by atomic mass is 32.1. The molecule has 16 nitrogen and oxygen atoms in total. The van der Waals surface area contributed by atoms with Crippen molar-refractivity contribution >= 4 is 60.9 Å². The van der Waals surface area contributed by atoms with Crippen LogP contribution < -0.4 is 31.3 Å². The van der Waals surface area contributed by atoms with Gasteiger partial charge >= 0.3 is 12.2 Å². The number of amides is 3. The number of piperazine rings is 1. The van der Waals surface area contributed by atoms with Crippen molar-refractivity contribution in [2.75, 3.05) is 63.2 Å². The molecule has 4 aliphatic heterocycles. The predicted molar refractivity (Wildman–Crippen MR) is 303 cm³/mol. The first-order valence-corrected chi connectivity index (χ1v) is 29.0. The molecule has 0 saturated carbocycles. The third kappa shape index (κ3) is 12.7. The van der Waals surface area contributed by atoms with Crippen molar-refractivity contribution in [3.05, 3.63) is 100 Å². The number of nitrogen functional groups attached to an aromatic ring is 1. The van der Waals surface area contributed by atoms with E-state index in [1.165, 1.54) is 29.2 Å². The van der Waals surface area contributed by atoms with Crippen LogP contribution in [0.25, 0.3) is 43.2 Å². The van der Waals surface area contributed by atoms with Crippen molar-refractivity contribution in [3.63, 3.8) is 0 Å². The van der Waals surface area contributed by atoms with Gasteiger partial charge in [0, 0.05) is 80.1 Å². The number of aliphatic hydroxyl groups is 1. The predicted octanol–water partition coefficient (Wildman–Crippen LogP) is 9.30. The van der Waals surface area contributed by atoms with Crippen molar-refractivity contribution in [2.24, 2.45) is 5.41 Å². The van der Waals surface area contributed by atoms with Gasteiger partial charge in [-0.1, -0.05) is 51.1 Å². The van der Waals surface area contributed by atoms with Crippen LogP contribution >= 0.6 is 11.3 Å². The van der Waals surface area contributed by atoms with Gasteiger partial charge in [-0.25, -0.2) is 22.0 Å². The summed E-state index contributed by atoms with van der Waals surface area (Å²) in [6.07, 6.45) is -2.52. The second kappa shape index (κ2) is 24.6. The molecule has 3 amide bonds. The van der Waals surface area contributed by atoms with Crippen LogP contribution in [0.3, 0.4) is 0 Å². The van der Waals surface area contributed by atoms with Crippen molar-refractivity contribution in [1.82, 2.24) is 35.7 Å². The van der Waals surface area contributed by atoms with E-state index in [1.54, 1.807) is 27.7 Å². The SMILES string of the molecule is C[C@H](NC(=O)[C@@H]1C[C@@H](O)CN1C(=O)[C@@H](NC(=O)CCOCCCN1CCC[C@H]1COc1nc(N2CC3CCC(C2)N3)c2cc(C(F)(F)F)c(-c3ccc(F)c4sc(N)c(C#N)c34)c(F)c2n1)C(C)(C)C)c1ccc(-c2c(F)ccc(F)c2F)cc1. The van der Waals surface area contributed by atoms with Crippen LogP contribution in [0, 0.1) is 45.8 Å². The number of carbonyl (C=O) groups is 3. The molecule has 25 heteroatoms. The zero-order chi connectivity index (χ0) is 60.8. The maximum absolute atomic E-state index is 17.4. The number of aromatic nitrogens is 2. The third-order valence-electron chi connectivity index (χ3n) is 16.4. The number of nitriles is 1. The minimum atomic E-state index is -5.11. The molecule has 85 heavy (non-hydrogen) atoms. The smallest absolute Gasteiger partial charge is 0.417 e. The molecule has 0 aliphatic carbocycles. The summed E-state index contributed by atoms with van der Waals surface area (Å²) in [4.78, 5) is 55.7. The van der Waals surface area contributed by atoms with E-state index in [1.807, 2.05) is 11.0 Å². The Morgan fingerprint density at radius 2 is 1.61 bits per heavy atom. The normalized spacial score (nSPS) is 20.7. The molecule has 7 atom stereocenters. The van der Waals surface area contributed by atoms with Crippen LogP contribution in [0.2, 0.25) is 0 Å². The number of anilines is 2. The lowest BCUT2D eigenvalue weighted by atomic mass is 9.85. The monoisotopic (exact) mass is 1200 g/mol. The molecule has 4 fully saturated rings. The van der Waals surface area contributed by atoms with Crippen LogP contribution in [-0.4, -0.2) is 131 Å². The summed E-state index contributed by atoms with van der Waals surface area (Å²) in [5.41, 5.74) is 1.96. The standard InChI is InChI=1S/C60H64F8N10O6S/c1-30(31-8-10-32(11-9-31)46-41(61)16-17-42(62)49(46)64)71-56(81)44-23-36(79)28-78(44)57(82)53(59(2,3)4)73-45(80)18-22-83-21-6-20-76-19-5-7-35(76)29-84-58-74-51-38(55(75-58)77-26-33-12-13-34(27-77)72-33)24-40(60(66,67)68)48(50(51)65)37-14-15-43(63)52-47(37)39(25-69)54(70)85-52/h8-11,14-17,24,30,33-36,44,53,72,79H,5-7,12-13,18-23,26-29,70H2,1-4H3,(H,71,81)(H,73,80)/t30-,33?,34?,35-,36+,44-,53+/m0/s1. The molecule has 4 aromatic carbocycles. The van der Waals surface area contributed by atoms with Gasteiger partial charge < -0.3 is 46.1 Å². The Hall–Kier alpha value is -7.24. The lowest BCUT2D eigenvalue weighted by Gasteiger charge is -2.35. The van der Waals surface area contributed by atoms with E-state index in [-0.39, 0.29) is 106 Å². The van der Waals surface area contributed by atoms with Gasteiger partial charge in [0.25, 0.3) is 0 Å². The second-order valence-electron chi connectivity index (χ2n) is 23.3. The molecule has 452 valence electrons. The van der Waals surface area contributed by atoms with E-state index in [9.17, 15) is 37.9 Å². The Morgan fingerprint density at radius 3 is 2.31 bits per heavy atom. The number of hydrogen-bond acceptors (Lipinski definition) is 14. The van der Waals surface area contributed by atoms with Gasteiger partial charge in [0.1, 0.15) is 52.7 Å². The fraction of sp³-hybridized carbons (Fsp3) is 0.467. The Kier molecular flexibility index (Phi) is 17.6. The van der Waals surface area contributed by atoms with Crippen LogP contribution in [0.15, 0.2) is 54.6 Å². The number of alkyl halides is 3. The van der Waals surface area contributed by atoms with Gasteiger partial charge in [-0.2, -0.15) is 28.4 Å². The number of nitrogens with one attached hydrogen (secondary N) is 3. The number of benzene rings is 4. The van der Waals surface area contributed by atoms with Crippen LogP contribution in [-0.2, 0) is 25.3 Å². The average molecular weight is 1210 g/mol. The number of ether oxygens (including phenoxy) is 2. The first-order chi connectivity index (χ1) is 40.4. The summed E-state index contributed by atoms with van der Waals surface area (Å²) in [5.74, 6) is -7.19. The molecule has 6 N–H and O–H groups in total. The zero-order valence-corrected chi connectivity index (χ0v) is 47.8. The number of carbonyl (C=O) groups excluding carboxylic acids is 3. The van der Waals surface area contributed by atoms with Gasteiger partial charge in [0.2, 0.25) is 17.7 Å². The lowest BCUT2D eigenvalue weighted by Crippen LogP contribution is -2.58. The quantitative estimate of drug-likeness (QED) is 0.0309. The number of rotatable bonds is 18. The first-order valence-electron chi connectivity index (χ1n) is 28.2. The minimum Gasteiger partial charge on any atom is -0.462 e. The highest BCUT2D eigenvalue weighted by Crippen LogP contribution is 2.48. The number of halogens is 8. The zero-order valence-electron chi connectivity index (χ0n) is 47.0. The molecule has 4 aliphatic rings. The largest absolute Gasteiger partial charge is 0.462 e. The molecule has 0 radical (unpaired) electrons. The molecule has 4 saturated heterocycles. The Balaban J connectivity index is 0.753. The highest BCUT2D eigenvalue weighted by molar-refractivity contribution is 7.23. The fourth-order valence-electron chi connectivity index (χ4n) is 12.1. The van der Waals surface area contributed by atoms with E-state index in [0.29, 0.717) is 55.6 Å². The summed E-state index contributed by atoms with van der Waals surface area (Å²) < 4.78 is 133. The molecule has 2 unspecified atom stereocenters. The van der Waals surface area contributed by atoms with Crippen LogP contribution in [0.5, 0.6) is 6.01 Å². The summed E-state index contributed by atoms with van der Waals surface area (Å²) in [6.45, 7) is 9.19. The average Bonchev–Trinajstić information content (AvgIpc) is 2.94. The summed E-state index contributed by atoms with van der Waals surface area (Å²) >= 11 is 0.680. The van der Waals surface area contributed by atoms with E-state index in [0.717, 1.165) is 49.9 Å². The van der Waals surface area contributed by atoms with E-state index in [2.05, 4.69) is 30.8 Å². The maximum Gasteiger partial charge on any atom is 0.417 e. The molecule has 10 rings (SSSR count). The van der Waals surface area contributed by atoms with E-state index in [4.69, 9.17) is 15.2 Å². The van der Waals surface area contributed by atoms with E-state index < -0.39 is 105 Å². The van der Waals surface area contributed by atoms with Crippen molar-refractivity contribution in [1.29, 1.82) is 5.26 Å². The van der Waals surface area contributed by atoms with Crippen LogP contribution in [0.4, 0.5) is 45.9 Å². The summed E-state index contributed by atoms with van der Waals surface area (Å²) in [7, 11) is 0. The number of nitrogens with two attached hydrogens (primary N) is 1. The van der Waals surface area contributed by atoms with Crippen molar-refractivity contribution < 1.29 is 64.1 Å². The number of nitrogens with zero attached hydrogens (tertiary/aromatic N) is 6. The Morgan fingerprint density at radius 1 is 0.906 bits per heavy atom. The lowest BCUT2D eigenvalue weighted by molar-refractivity contribution is -0.144. The molecule has 6 heterocycles. The molecular formula is C60H64F8N10O6S. The number of hydrogen-bond donors (Lipinski definition) is 5. The van der Waals surface area contributed by atoms with E-state index >= 15 is 22.0 Å². The number of thiophene rings is 1. The maximum atomic E-state index is 17.4. The Bertz CT molecular complexity index is 3570. The molecular weight excluding hydrogens is 1140 g/mol. The van der Waals surface area contributed by atoms with Gasteiger partial charge in [0.05, 0.1) is 40.1 Å². The number of fused-ring (bicyclic) bond motifs is 4. The number of aliphatic hydroxyl groups excluding tert-OH is 1. The Labute approximate surface area is 488 Å². The van der Waals surface area contributed by atoms with Gasteiger partial charge in [-0.3, -0.25) is 19.3 Å². The number of β-amino-alcohol motifs (C(OH)–C–C–N with tert-alkyl or cyclic N) is 1. The van der Waals surface area contributed by atoms with Crippen molar-refractivity contribution in [3.8, 4) is 34.3 Å². The van der Waals surface area contributed by atoms with Gasteiger partial charge in [0.15, 0.2) is 17.5 Å². The molecule has 2 bridgehead atoms. The van der Waals surface area contributed by atoms with Gasteiger partial charge in [-0.05, 0) is 91.9 Å². The summed E-state index contributed by atoms with van der Waals surface area (Å²) in [6, 6.07) is 8.80. The number of likely N-dealkylation sites (tertiary alicyclic amines) is 2. The molecule has 6 aromatic rings. The van der Waals surface area contributed by atoms with Gasteiger partial charge in [-0.15, -0.1) is 11.3 Å². The third-order valence-corrected chi connectivity index (χ3v) is 17.4. The molecule has 0 spiro atoms. The minimum absolute atomic E-state index is 0.0215. The summed E-state index contributed by atoms with van der Waals surface area (Å²) in [5, 5.41) is 29.3. The fourth-order valence-corrected chi connectivity index (χ4v) is 13.1.